The topological polar surface area (TPSA) is 41.6 Å². The lowest BCUT2D eigenvalue weighted by atomic mass is 10.0. The maximum Gasteiger partial charge on any atom is 0.240 e. The Morgan fingerprint density at radius 2 is 1.94 bits per heavy atom. The zero-order chi connectivity index (χ0) is 13.5. The molecule has 1 fully saturated rings. The number of hydrogen-bond acceptors (Lipinski definition) is 3. The van der Waals surface area contributed by atoms with E-state index in [1.54, 1.807) is 0 Å². The summed E-state index contributed by atoms with van der Waals surface area (Å²) in [5, 5.41) is 3.34. The second-order valence-corrected chi connectivity index (χ2v) is 5.35. The fourth-order valence-corrected chi connectivity index (χ4v) is 1.98. The molecule has 0 aromatic carbocycles. The highest BCUT2D eigenvalue weighted by Crippen LogP contribution is 2.08. The molecule has 1 amide bonds. The summed E-state index contributed by atoms with van der Waals surface area (Å²) in [7, 11) is 0. The average Bonchev–Trinajstić information content (AvgIpc) is 2.34. The molecule has 1 unspecified atom stereocenters. The van der Waals surface area contributed by atoms with E-state index in [1.165, 1.54) is 5.57 Å². The first-order valence-corrected chi connectivity index (χ1v) is 6.75. The summed E-state index contributed by atoms with van der Waals surface area (Å²) in [6, 6.07) is -0.0984. The summed E-state index contributed by atoms with van der Waals surface area (Å²) < 4.78 is 5.28. The lowest BCUT2D eigenvalue weighted by Gasteiger charge is -2.32. The summed E-state index contributed by atoms with van der Waals surface area (Å²) in [6.07, 6.45) is 2.11. The first-order valence-electron chi connectivity index (χ1n) is 6.75. The van der Waals surface area contributed by atoms with Crippen LogP contribution in [-0.4, -0.2) is 49.7 Å². The third-order valence-electron chi connectivity index (χ3n) is 3.10. The number of morpholine rings is 1. The lowest BCUT2D eigenvalue weighted by molar-refractivity contribution is -0.138. The van der Waals surface area contributed by atoms with E-state index in [0.29, 0.717) is 32.2 Å². The van der Waals surface area contributed by atoms with E-state index in [1.807, 2.05) is 4.90 Å². The summed E-state index contributed by atoms with van der Waals surface area (Å²) >= 11 is 0. The second-order valence-electron chi connectivity index (χ2n) is 5.35. The van der Waals surface area contributed by atoms with Gasteiger partial charge < -0.3 is 15.0 Å². The minimum absolute atomic E-state index is 0.0984. The predicted octanol–water partition coefficient (Wildman–Crippen LogP) is 1.43. The van der Waals surface area contributed by atoms with Gasteiger partial charge in [-0.25, -0.2) is 0 Å². The molecule has 4 heteroatoms. The van der Waals surface area contributed by atoms with Crippen LogP contribution < -0.4 is 5.32 Å². The quantitative estimate of drug-likeness (QED) is 0.755. The Morgan fingerprint density at radius 3 is 2.44 bits per heavy atom. The van der Waals surface area contributed by atoms with Gasteiger partial charge in [-0.1, -0.05) is 25.5 Å². The first kappa shape index (κ1) is 15.2. The largest absolute Gasteiger partial charge is 0.378 e. The van der Waals surface area contributed by atoms with Crippen LogP contribution in [0, 0.1) is 5.92 Å². The number of carbonyl (C=O) groups excluding carboxylic acids is 1. The number of allylic oxidation sites excluding steroid dienone is 1. The van der Waals surface area contributed by atoms with E-state index in [4.69, 9.17) is 4.74 Å². The Labute approximate surface area is 110 Å². The highest BCUT2D eigenvalue weighted by atomic mass is 16.5. The van der Waals surface area contributed by atoms with Gasteiger partial charge in [0.05, 0.1) is 19.3 Å². The van der Waals surface area contributed by atoms with Crippen LogP contribution >= 0.6 is 0 Å². The number of nitrogens with zero attached hydrogens (tertiary/aromatic N) is 1. The van der Waals surface area contributed by atoms with Gasteiger partial charge in [-0.2, -0.15) is 0 Å². The number of ether oxygens (including phenoxy) is 1. The lowest BCUT2D eigenvalue weighted by Crippen LogP contribution is -2.52. The highest BCUT2D eigenvalue weighted by Gasteiger charge is 2.27. The number of rotatable bonds is 5. The van der Waals surface area contributed by atoms with Crippen LogP contribution in [-0.2, 0) is 9.53 Å². The fraction of sp³-hybridized carbons (Fsp3) is 0.786. The molecule has 0 radical (unpaired) electrons. The zero-order valence-corrected chi connectivity index (χ0v) is 12.0. The van der Waals surface area contributed by atoms with Crippen LogP contribution in [0.1, 0.15) is 27.7 Å². The SMILES string of the molecule is CC(C)=CCNC(C(=O)N1CCOCC1)C(C)C. The molecule has 0 aromatic heterocycles. The van der Waals surface area contributed by atoms with Crippen LogP contribution in [0.4, 0.5) is 0 Å². The smallest absolute Gasteiger partial charge is 0.240 e. The molecule has 1 N–H and O–H groups in total. The molecule has 4 nitrogen and oxygen atoms in total. The Balaban J connectivity index is 2.54. The molecular weight excluding hydrogens is 228 g/mol. The highest BCUT2D eigenvalue weighted by molar-refractivity contribution is 5.82. The molecule has 1 saturated heterocycles. The fourth-order valence-electron chi connectivity index (χ4n) is 1.98. The van der Waals surface area contributed by atoms with Crippen molar-refractivity contribution in [3.63, 3.8) is 0 Å². The molecule has 0 aliphatic carbocycles. The minimum atomic E-state index is -0.0984. The third-order valence-corrected chi connectivity index (χ3v) is 3.10. The number of carbonyl (C=O) groups is 1. The van der Waals surface area contributed by atoms with Crippen molar-refractivity contribution in [2.24, 2.45) is 5.92 Å². The van der Waals surface area contributed by atoms with Gasteiger partial charge in [-0.05, 0) is 19.8 Å². The van der Waals surface area contributed by atoms with E-state index in [0.717, 1.165) is 6.54 Å². The molecule has 0 bridgehead atoms. The number of amides is 1. The van der Waals surface area contributed by atoms with E-state index in [9.17, 15) is 4.79 Å². The minimum Gasteiger partial charge on any atom is -0.378 e. The Morgan fingerprint density at radius 1 is 1.33 bits per heavy atom. The normalized spacial score (nSPS) is 17.7. The molecule has 1 aliphatic heterocycles. The van der Waals surface area contributed by atoms with Crippen molar-refractivity contribution in [1.29, 1.82) is 0 Å². The summed E-state index contributed by atoms with van der Waals surface area (Å²) in [5.74, 6) is 0.501. The van der Waals surface area contributed by atoms with Crippen LogP contribution in [0.5, 0.6) is 0 Å². The van der Waals surface area contributed by atoms with E-state index in [-0.39, 0.29) is 11.9 Å². The van der Waals surface area contributed by atoms with Gasteiger partial charge in [-0.15, -0.1) is 0 Å². The molecule has 0 spiro atoms. The number of hydrogen-bond donors (Lipinski definition) is 1. The molecule has 0 saturated carbocycles. The van der Waals surface area contributed by atoms with Crippen molar-refractivity contribution in [3.05, 3.63) is 11.6 Å². The van der Waals surface area contributed by atoms with Crippen molar-refractivity contribution in [1.82, 2.24) is 10.2 Å². The van der Waals surface area contributed by atoms with Crippen molar-refractivity contribution in [2.45, 2.75) is 33.7 Å². The van der Waals surface area contributed by atoms with E-state index < -0.39 is 0 Å². The van der Waals surface area contributed by atoms with Gasteiger partial charge in [0, 0.05) is 19.6 Å². The van der Waals surface area contributed by atoms with Crippen LogP contribution in [0.2, 0.25) is 0 Å². The van der Waals surface area contributed by atoms with Gasteiger partial charge in [0.15, 0.2) is 0 Å². The van der Waals surface area contributed by atoms with Crippen LogP contribution in [0.25, 0.3) is 0 Å². The van der Waals surface area contributed by atoms with Crippen molar-refractivity contribution in [2.75, 3.05) is 32.8 Å². The standard InChI is InChI=1S/C14H26N2O2/c1-11(2)5-6-15-13(12(3)4)14(17)16-7-9-18-10-8-16/h5,12-13,15H,6-10H2,1-4H3. The van der Waals surface area contributed by atoms with Crippen molar-refractivity contribution >= 4 is 5.91 Å². The molecule has 104 valence electrons. The summed E-state index contributed by atoms with van der Waals surface area (Å²) in [4.78, 5) is 14.3. The molecule has 1 rings (SSSR count). The maximum atomic E-state index is 12.4. The van der Waals surface area contributed by atoms with Crippen LogP contribution in [0.3, 0.4) is 0 Å². The van der Waals surface area contributed by atoms with Gasteiger partial charge in [-0.3, -0.25) is 4.79 Å². The maximum absolute atomic E-state index is 12.4. The molecule has 1 heterocycles. The summed E-state index contributed by atoms with van der Waals surface area (Å²) in [6.45, 7) is 11.8. The van der Waals surface area contributed by atoms with Gasteiger partial charge >= 0.3 is 0 Å². The zero-order valence-electron chi connectivity index (χ0n) is 12.0. The van der Waals surface area contributed by atoms with E-state index in [2.05, 4.69) is 39.1 Å². The summed E-state index contributed by atoms with van der Waals surface area (Å²) in [5.41, 5.74) is 1.27. The molecule has 0 aromatic rings. The van der Waals surface area contributed by atoms with Crippen LogP contribution in [0.15, 0.2) is 11.6 Å². The van der Waals surface area contributed by atoms with E-state index >= 15 is 0 Å². The third kappa shape index (κ3) is 4.78. The molecule has 18 heavy (non-hydrogen) atoms. The Kier molecular flexibility index (Phi) is 6.36. The first-order chi connectivity index (χ1) is 8.52. The second kappa shape index (κ2) is 7.54. The monoisotopic (exact) mass is 254 g/mol. The Hall–Kier alpha value is -0.870. The molecule has 1 aliphatic rings. The number of nitrogens with one attached hydrogen (secondary N) is 1. The molecule has 1 atom stereocenters. The van der Waals surface area contributed by atoms with Crippen molar-refractivity contribution in [3.8, 4) is 0 Å². The van der Waals surface area contributed by atoms with Gasteiger partial charge in [0.2, 0.25) is 5.91 Å². The van der Waals surface area contributed by atoms with Gasteiger partial charge in [0.1, 0.15) is 0 Å². The molecular formula is C14H26N2O2. The predicted molar refractivity (Wildman–Crippen MR) is 73.5 cm³/mol. The van der Waals surface area contributed by atoms with Crippen molar-refractivity contribution < 1.29 is 9.53 Å². The van der Waals surface area contributed by atoms with Gasteiger partial charge in [0.25, 0.3) is 0 Å². The Bertz CT molecular complexity index is 290. The average molecular weight is 254 g/mol.